The van der Waals surface area contributed by atoms with Crippen LogP contribution in [0.25, 0.3) is 0 Å². The second-order valence-corrected chi connectivity index (χ2v) is 6.84. The average molecular weight is 299 g/mol. The monoisotopic (exact) mass is 299 g/mol. The van der Waals surface area contributed by atoms with E-state index < -0.39 is 10.0 Å². The molecule has 0 amide bonds. The molecule has 1 saturated carbocycles. The van der Waals surface area contributed by atoms with Crippen LogP contribution in [0.4, 0.5) is 5.69 Å². The second kappa shape index (κ2) is 6.53. The molecule has 7 heteroatoms. The van der Waals surface area contributed by atoms with Crippen molar-refractivity contribution in [1.82, 2.24) is 4.31 Å². The van der Waals surface area contributed by atoms with Crippen molar-refractivity contribution >= 4 is 15.7 Å². The van der Waals surface area contributed by atoms with Crippen molar-refractivity contribution in [3.05, 3.63) is 24.3 Å². The predicted octanol–water partition coefficient (Wildman–Crippen LogP) is 0.898. The highest BCUT2D eigenvalue weighted by Gasteiger charge is 2.34. The zero-order valence-corrected chi connectivity index (χ0v) is 12.1. The van der Waals surface area contributed by atoms with Gasteiger partial charge in [-0.2, -0.15) is 4.31 Å². The molecule has 1 aliphatic carbocycles. The summed E-state index contributed by atoms with van der Waals surface area (Å²) in [5.41, 5.74) is 3.13. The molecule has 0 atom stereocenters. The van der Waals surface area contributed by atoms with Crippen LogP contribution in [0, 0.1) is 0 Å². The number of benzene rings is 1. The first kappa shape index (κ1) is 15.2. The molecule has 1 fully saturated rings. The standard InChI is InChI=1S/C13H21N3O3S/c14-15-11-5-7-13(8-6-11)20(18,19)16(9-2-10-17)12-3-1-4-12/h5-8,12,15,17H,1-4,9-10,14H2. The van der Waals surface area contributed by atoms with Gasteiger partial charge in [0.25, 0.3) is 0 Å². The molecular formula is C13H21N3O3S. The van der Waals surface area contributed by atoms with Crippen LogP contribution >= 0.6 is 0 Å². The van der Waals surface area contributed by atoms with Crippen LogP contribution < -0.4 is 11.3 Å². The average Bonchev–Trinajstić information content (AvgIpc) is 2.41. The summed E-state index contributed by atoms with van der Waals surface area (Å²) in [4.78, 5) is 0.265. The Morgan fingerprint density at radius 1 is 1.30 bits per heavy atom. The van der Waals surface area contributed by atoms with E-state index >= 15 is 0 Å². The molecular weight excluding hydrogens is 278 g/mol. The van der Waals surface area contributed by atoms with E-state index in [4.69, 9.17) is 10.9 Å². The normalized spacial score (nSPS) is 16.1. The topological polar surface area (TPSA) is 95.7 Å². The molecule has 1 aliphatic rings. The summed E-state index contributed by atoms with van der Waals surface area (Å²) in [6, 6.07) is 6.44. The number of hydrazine groups is 1. The van der Waals surface area contributed by atoms with E-state index in [0.717, 1.165) is 19.3 Å². The fourth-order valence-electron chi connectivity index (χ4n) is 2.26. The third kappa shape index (κ3) is 3.12. The molecule has 0 spiro atoms. The minimum absolute atomic E-state index is 0.00519. The quantitative estimate of drug-likeness (QED) is 0.513. The molecule has 2 rings (SSSR count). The number of aliphatic hydroxyl groups excluding tert-OH is 1. The number of sulfonamides is 1. The highest BCUT2D eigenvalue weighted by molar-refractivity contribution is 7.89. The third-order valence-electron chi connectivity index (χ3n) is 3.65. The van der Waals surface area contributed by atoms with Gasteiger partial charge >= 0.3 is 0 Å². The summed E-state index contributed by atoms with van der Waals surface area (Å²) in [5, 5.41) is 8.95. The Bertz CT molecular complexity index is 526. The number of rotatable bonds is 7. The van der Waals surface area contributed by atoms with Gasteiger partial charge in [0, 0.05) is 24.9 Å². The van der Waals surface area contributed by atoms with Crippen molar-refractivity contribution in [2.75, 3.05) is 18.6 Å². The van der Waals surface area contributed by atoms with Gasteiger partial charge in [-0.05, 0) is 43.5 Å². The van der Waals surface area contributed by atoms with Gasteiger partial charge in [0.1, 0.15) is 0 Å². The summed E-state index contributed by atoms with van der Waals surface area (Å²) in [6.45, 7) is 0.356. The Labute approximate surface area is 119 Å². The van der Waals surface area contributed by atoms with E-state index in [2.05, 4.69) is 5.43 Å². The number of nitrogens with one attached hydrogen (secondary N) is 1. The predicted molar refractivity (Wildman–Crippen MR) is 77.5 cm³/mol. The lowest BCUT2D eigenvalue weighted by Gasteiger charge is -2.36. The van der Waals surface area contributed by atoms with Crippen LogP contribution in [-0.4, -0.2) is 37.0 Å². The van der Waals surface area contributed by atoms with Crippen LogP contribution in [0.1, 0.15) is 25.7 Å². The van der Waals surface area contributed by atoms with Gasteiger partial charge < -0.3 is 10.5 Å². The van der Waals surface area contributed by atoms with Gasteiger partial charge in [-0.3, -0.25) is 5.84 Å². The first-order valence-corrected chi connectivity index (χ1v) is 8.23. The highest BCUT2D eigenvalue weighted by atomic mass is 32.2. The van der Waals surface area contributed by atoms with Crippen molar-refractivity contribution in [2.45, 2.75) is 36.6 Å². The summed E-state index contributed by atoms with van der Waals surface area (Å²) in [6.07, 6.45) is 3.31. The molecule has 0 unspecified atom stereocenters. The molecule has 0 aromatic heterocycles. The van der Waals surface area contributed by atoms with Crippen molar-refractivity contribution in [2.24, 2.45) is 5.84 Å². The van der Waals surface area contributed by atoms with Gasteiger partial charge in [-0.15, -0.1) is 0 Å². The van der Waals surface area contributed by atoms with Crippen molar-refractivity contribution in [1.29, 1.82) is 0 Å². The minimum atomic E-state index is -3.50. The summed E-state index contributed by atoms with van der Waals surface area (Å²) >= 11 is 0. The van der Waals surface area contributed by atoms with Gasteiger partial charge in [-0.25, -0.2) is 8.42 Å². The smallest absolute Gasteiger partial charge is 0.243 e. The lowest BCUT2D eigenvalue weighted by Crippen LogP contribution is -2.44. The SMILES string of the molecule is NNc1ccc(S(=O)(=O)N(CCCO)C2CCC2)cc1. The maximum absolute atomic E-state index is 12.7. The number of nitrogens with zero attached hydrogens (tertiary/aromatic N) is 1. The molecule has 0 bridgehead atoms. The summed E-state index contributed by atoms with van der Waals surface area (Å²) in [7, 11) is -3.50. The molecule has 6 nitrogen and oxygen atoms in total. The molecule has 0 radical (unpaired) electrons. The number of hydrogen-bond donors (Lipinski definition) is 3. The highest BCUT2D eigenvalue weighted by Crippen LogP contribution is 2.30. The molecule has 1 aromatic carbocycles. The zero-order chi connectivity index (χ0) is 14.6. The van der Waals surface area contributed by atoms with E-state index in [1.807, 2.05) is 0 Å². The van der Waals surface area contributed by atoms with Crippen molar-refractivity contribution in [3.63, 3.8) is 0 Å². The zero-order valence-electron chi connectivity index (χ0n) is 11.3. The second-order valence-electron chi connectivity index (χ2n) is 4.95. The van der Waals surface area contributed by atoms with E-state index in [9.17, 15) is 8.42 Å². The summed E-state index contributed by atoms with van der Waals surface area (Å²) < 4.78 is 26.9. The number of nitrogens with two attached hydrogens (primary N) is 1. The molecule has 112 valence electrons. The van der Waals surface area contributed by atoms with Gasteiger partial charge in [-0.1, -0.05) is 6.42 Å². The fourth-order valence-corrected chi connectivity index (χ4v) is 3.98. The Morgan fingerprint density at radius 3 is 2.40 bits per heavy atom. The Hall–Kier alpha value is -1.15. The molecule has 1 aromatic rings. The maximum Gasteiger partial charge on any atom is 0.243 e. The minimum Gasteiger partial charge on any atom is -0.396 e. The fraction of sp³-hybridized carbons (Fsp3) is 0.538. The molecule has 20 heavy (non-hydrogen) atoms. The van der Waals surface area contributed by atoms with Crippen molar-refractivity contribution < 1.29 is 13.5 Å². The maximum atomic E-state index is 12.7. The Morgan fingerprint density at radius 2 is 1.95 bits per heavy atom. The summed E-state index contributed by atoms with van der Waals surface area (Å²) in [5.74, 6) is 5.28. The van der Waals surface area contributed by atoms with Gasteiger partial charge in [0.05, 0.1) is 4.90 Å². The lowest BCUT2D eigenvalue weighted by atomic mass is 9.93. The largest absolute Gasteiger partial charge is 0.396 e. The van der Waals surface area contributed by atoms with Crippen LogP contribution in [0.15, 0.2) is 29.2 Å². The van der Waals surface area contributed by atoms with Crippen LogP contribution in [-0.2, 0) is 10.0 Å². The van der Waals surface area contributed by atoms with Gasteiger partial charge in [0.15, 0.2) is 0 Å². The molecule has 0 heterocycles. The Kier molecular flexibility index (Phi) is 4.98. The first-order chi connectivity index (χ1) is 9.59. The third-order valence-corrected chi connectivity index (χ3v) is 5.61. The van der Waals surface area contributed by atoms with Crippen LogP contribution in [0.2, 0.25) is 0 Å². The number of nitrogen functional groups attached to an aromatic ring is 1. The molecule has 0 aliphatic heterocycles. The van der Waals surface area contributed by atoms with E-state index in [-0.39, 0.29) is 17.5 Å². The number of anilines is 1. The number of aliphatic hydroxyl groups is 1. The van der Waals surface area contributed by atoms with E-state index in [0.29, 0.717) is 18.7 Å². The van der Waals surface area contributed by atoms with E-state index in [1.165, 1.54) is 4.31 Å². The van der Waals surface area contributed by atoms with Crippen LogP contribution in [0.5, 0.6) is 0 Å². The lowest BCUT2D eigenvalue weighted by molar-refractivity contribution is 0.198. The Balaban J connectivity index is 2.23. The van der Waals surface area contributed by atoms with E-state index in [1.54, 1.807) is 24.3 Å². The first-order valence-electron chi connectivity index (χ1n) is 6.79. The van der Waals surface area contributed by atoms with Crippen molar-refractivity contribution in [3.8, 4) is 0 Å². The van der Waals surface area contributed by atoms with Crippen LogP contribution in [0.3, 0.4) is 0 Å². The van der Waals surface area contributed by atoms with Gasteiger partial charge in [0.2, 0.25) is 10.0 Å². The number of hydrogen-bond acceptors (Lipinski definition) is 5. The molecule has 0 saturated heterocycles. The molecule has 4 N–H and O–H groups in total.